The SMILES string of the molecule is COc1ccc(CCCN)c(C(F)(F)F)c1. The molecule has 2 nitrogen and oxygen atoms in total. The second kappa shape index (κ2) is 5.21. The van der Waals surface area contributed by atoms with Crippen LogP contribution in [-0.2, 0) is 12.6 Å². The van der Waals surface area contributed by atoms with Gasteiger partial charge in [-0.2, -0.15) is 13.2 Å². The lowest BCUT2D eigenvalue weighted by Gasteiger charge is -2.13. The number of alkyl halides is 3. The molecule has 1 aromatic carbocycles. The van der Waals surface area contributed by atoms with E-state index in [0.29, 0.717) is 19.4 Å². The van der Waals surface area contributed by atoms with E-state index in [0.717, 1.165) is 6.07 Å². The van der Waals surface area contributed by atoms with Crippen molar-refractivity contribution >= 4 is 0 Å². The van der Waals surface area contributed by atoms with Crippen LogP contribution in [0.3, 0.4) is 0 Å². The van der Waals surface area contributed by atoms with Gasteiger partial charge in [0.05, 0.1) is 12.7 Å². The molecule has 0 amide bonds. The van der Waals surface area contributed by atoms with Gasteiger partial charge < -0.3 is 10.5 Å². The summed E-state index contributed by atoms with van der Waals surface area (Å²) in [5, 5.41) is 0. The first-order chi connectivity index (χ1) is 7.49. The van der Waals surface area contributed by atoms with E-state index in [2.05, 4.69) is 0 Å². The van der Waals surface area contributed by atoms with Crippen molar-refractivity contribution in [2.75, 3.05) is 13.7 Å². The van der Waals surface area contributed by atoms with Crippen molar-refractivity contribution in [1.82, 2.24) is 0 Å². The van der Waals surface area contributed by atoms with Gasteiger partial charge in [-0.15, -0.1) is 0 Å². The number of hydrogen-bond donors (Lipinski definition) is 1. The zero-order valence-corrected chi connectivity index (χ0v) is 8.97. The van der Waals surface area contributed by atoms with Crippen molar-refractivity contribution in [3.05, 3.63) is 29.3 Å². The van der Waals surface area contributed by atoms with Gasteiger partial charge in [-0.3, -0.25) is 0 Å². The molecule has 16 heavy (non-hydrogen) atoms. The summed E-state index contributed by atoms with van der Waals surface area (Å²) >= 11 is 0. The van der Waals surface area contributed by atoms with Gasteiger partial charge >= 0.3 is 6.18 Å². The summed E-state index contributed by atoms with van der Waals surface area (Å²) in [6, 6.07) is 3.99. The highest BCUT2D eigenvalue weighted by molar-refractivity contribution is 5.37. The molecule has 0 radical (unpaired) electrons. The molecule has 1 rings (SSSR count). The van der Waals surface area contributed by atoms with Crippen molar-refractivity contribution in [1.29, 1.82) is 0 Å². The molecule has 0 aromatic heterocycles. The van der Waals surface area contributed by atoms with E-state index in [1.807, 2.05) is 0 Å². The molecule has 0 atom stereocenters. The number of nitrogens with two attached hydrogens (primary N) is 1. The van der Waals surface area contributed by atoms with Gasteiger partial charge in [0.2, 0.25) is 0 Å². The minimum Gasteiger partial charge on any atom is -0.497 e. The fourth-order valence-corrected chi connectivity index (χ4v) is 1.46. The molecule has 5 heteroatoms. The summed E-state index contributed by atoms with van der Waals surface area (Å²) in [5.41, 5.74) is 4.91. The molecule has 0 aliphatic rings. The molecular weight excluding hydrogens is 219 g/mol. The topological polar surface area (TPSA) is 35.2 Å². The van der Waals surface area contributed by atoms with Crippen LogP contribution in [0.5, 0.6) is 5.75 Å². The van der Waals surface area contributed by atoms with Crippen LogP contribution in [0.15, 0.2) is 18.2 Å². The van der Waals surface area contributed by atoms with Crippen LogP contribution < -0.4 is 10.5 Å². The van der Waals surface area contributed by atoms with E-state index in [1.54, 1.807) is 0 Å². The zero-order chi connectivity index (χ0) is 12.2. The van der Waals surface area contributed by atoms with E-state index < -0.39 is 11.7 Å². The van der Waals surface area contributed by atoms with E-state index >= 15 is 0 Å². The lowest BCUT2D eigenvalue weighted by molar-refractivity contribution is -0.138. The number of aryl methyl sites for hydroxylation is 1. The minimum atomic E-state index is -4.35. The second-order valence-electron chi connectivity index (χ2n) is 3.41. The van der Waals surface area contributed by atoms with Crippen molar-refractivity contribution in [3.8, 4) is 5.75 Å². The first-order valence-electron chi connectivity index (χ1n) is 4.93. The lowest BCUT2D eigenvalue weighted by Crippen LogP contribution is -2.11. The Bertz CT molecular complexity index is 350. The summed E-state index contributed by atoms with van der Waals surface area (Å²) in [6.07, 6.45) is -3.48. The Morgan fingerprint density at radius 1 is 1.31 bits per heavy atom. The van der Waals surface area contributed by atoms with Crippen molar-refractivity contribution < 1.29 is 17.9 Å². The maximum atomic E-state index is 12.7. The molecule has 0 aliphatic carbocycles. The Labute approximate surface area is 92.2 Å². The molecule has 2 N–H and O–H groups in total. The normalized spacial score (nSPS) is 11.6. The van der Waals surface area contributed by atoms with Gasteiger partial charge in [0.15, 0.2) is 0 Å². The predicted molar refractivity (Wildman–Crippen MR) is 55.4 cm³/mol. The smallest absolute Gasteiger partial charge is 0.416 e. The molecule has 0 aliphatic heterocycles. The molecule has 0 spiro atoms. The molecule has 1 aromatic rings. The molecule has 0 bridgehead atoms. The Hall–Kier alpha value is -1.23. The highest BCUT2D eigenvalue weighted by Gasteiger charge is 2.33. The van der Waals surface area contributed by atoms with E-state index in [4.69, 9.17) is 10.5 Å². The quantitative estimate of drug-likeness (QED) is 0.867. The average molecular weight is 233 g/mol. The third-order valence-corrected chi connectivity index (χ3v) is 2.27. The number of ether oxygens (including phenoxy) is 1. The Morgan fingerprint density at radius 2 is 2.00 bits per heavy atom. The van der Waals surface area contributed by atoms with Crippen LogP contribution >= 0.6 is 0 Å². The predicted octanol–water partition coefficient (Wildman–Crippen LogP) is 2.61. The summed E-state index contributed by atoms with van der Waals surface area (Å²) in [7, 11) is 1.34. The van der Waals surface area contributed by atoms with Crippen molar-refractivity contribution in [3.63, 3.8) is 0 Å². The summed E-state index contributed by atoms with van der Waals surface area (Å²) in [6.45, 7) is 0.378. The molecule has 0 heterocycles. The Balaban J connectivity index is 3.06. The highest BCUT2D eigenvalue weighted by Crippen LogP contribution is 2.34. The molecule has 90 valence electrons. The van der Waals surface area contributed by atoms with Crippen LogP contribution in [0.1, 0.15) is 17.5 Å². The molecule has 0 unspecified atom stereocenters. The van der Waals surface area contributed by atoms with E-state index in [-0.39, 0.29) is 11.3 Å². The summed E-state index contributed by atoms with van der Waals surface area (Å²) in [5.74, 6) is 0.212. The zero-order valence-electron chi connectivity index (χ0n) is 8.97. The second-order valence-corrected chi connectivity index (χ2v) is 3.41. The number of halogens is 3. The van der Waals surface area contributed by atoms with Crippen molar-refractivity contribution in [2.24, 2.45) is 5.73 Å². The van der Waals surface area contributed by atoms with Gasteiger partial charge in [-0.25, -0.2) is 0 Å². The number of rotatable bonds is 4. The van der Waals surface area contributed by atoms with Crippen LogP contribution in [0.2, 0.25) is 0 Å². The highest BCUT2D eigenvalue weighted by atomic mass is 19.4. The first-order valence-corrected chi connectivity index (χ1v) is 4.93. The van der Waals surface area contributed by atoms with Crippen LogP contribution in [0, 0.1) is 0 Å². The fourth-order valence-electron chi connectivity index (χ4n) is 1.46. The lowest BCUT2D eigenvalue weighted by atomic mass is 10.0. The Kier molecular flexibility index (Phi) is 4.18. The molecule has 0 saturated carbocycles. The number of methoxy groups -OCH3 is 1. The third kappa shape index (κ3) is 3.13. The maximum Gasteiger partial charge on any atom is 0.416 e. The number of hydrogen-bond acceptors (Lipinski definition) is 2. The standard InChI is InChI=1S/C11H14F3NO/c1-16-9-5-4-8(3-2-6-15)10(7-9)11(12,13)14/h4-5,7H,2-3,6,15H2,1H3. The van der Waals surface area contributed by atoms with Crippen molar-refractivity contribution in [2.45, 2.75) is 19.0 Å². The molecule has 0 saturated heterocycles. The number of benzene rings is 1. The summed E-state index contributed by atoms with van der Waals surface area (Å²) in [4.78, 5) is 0. The van der Waals surface area contributed by atoms with Crippen LogP contribution in [-0.4, -0.2) is 13.7 Å². The van der Waals surface area contributed by atoms with Gasteiger partial charge in [0.25, 0.3) is 0 Å². The molecule has 0 fully saturated rings. The average Bonchev–Trinajstić information content (AvgIpc) is 2.25. The Morgan fingerprint density at radius 3 is 2.50 bits per heavy atom. The first kappa shape index (κ1) is 12.8. The van der Waals surface area contributed by atoms with Gasteiger partial charge in [0, 0.05) is 0 Å². The summed E-state index contributed by atoms with van der Waals surface area (Å²) < 4.78 is 42.9. The third-order valence-electron chi connectivity index (χ3n) is 2.27. The van der Waals surface area contributed by atoms with Gasteiger partial charge in [0.1, 0.15) is 5.75 Å². The van der Waals surface area contributed by atoms with E-state index in [1.165, 1.54) is 19.2 Å². The van der Waals surface area contributed by atoms with Gasteiger partial charge in [-0.05, 0) is 37.1 Å². The fraction of sp³-hybridized carbons (Fsp3) is 0.455. The minimum absolute atomic E-state index is 0.212. The molecular formula is C11H14F3NO. The van der Waals surface area contributed by atoms with E-state index in [9.17, 15) is 13.2 Å². The van der Waals surface area contributed by atoms with Crippen LogP contribution in [0.25, 0.3) is 0 Å². The largest absolute Gasteiger partial charge is 0.497 e. The van der Waals surface area contributed by atoms with Crippen LogP contribution in [0.4, 0.5) is 13.2 Å². The maximum absolute atomic E-state index is 12.7. The van der Waals surface area contributed by atoms with Gasteiger partial charge in [-0.1, -0.05) is 6.07 Å². The monoisotopic (exact) mass is 233 g/mol.